The van der Waals surface area contributed by atoms with Gasteiger partial charge in [0.15, 0.2) is 0 Å². The molecule has 21 heavy (non-hydrogen) atoms. The van der Waals surface area contributed by atoms with E-state index in [0.717, 1.165) is 9.37 Å². The van der Waals surface area contributed by atoms with Crippen LogP contribution in [0.4, 0.5) is 5.69 Å². The van der Waals surface area contributed by atoms with Crippen LogP contribution in [0, 0.1) is 0 Å². The van der Waals surface area contributed by atoms with Gasteiger partial charge in [0, 0.05) is 16.6 Å². The first kappa shape index (κ1) is 13.6. The van der Waals surface area contributed by atoms with Crippen molar-refractivity contribution < 1.29 is 14.3 Å². The van der Waals surface area contributed by atoms with Crippen LogP contribution in [0.3, 0.4) is 0 Å². The maximum Gasteiger partial charge on any atom is 0.258 e. The summed E-state index contributed by atoms with van der Waals surface area (Å²) in [5.41, 5.74) is 0.526. The van der Waals surface area contributed by atoms with Crippen LogP contribution in [0.15, 0.2) is 65.2 Å². The van der Waals surface area contributed by atoms with Gasteiger partial charge in [-0.05, 0) is 48.5 Å². The third-order valence-electron chi connectivity index (χ3n) is 2.95. The van der Waals surface area contributed by atoms with Crippen LogP contribution in [-0.2, 0) is 9.59 Å². The summed E-state index contributed by atoms with van der Waals surface area (Å²) in [6, 6.07) is 14.2. The number of rotatable bonds is 3. The summed E-state index contributed by atoms with van der Waals surface area (Å²) in [5.74, 6) is 0.678. The van der Waals surface area contributed by atoms with E-state index >= 15 is 0 Å². The zero-order chi connectivity index (χ0) is 14.8. The van der Waals surface area contributed by atoms with Crippen molar-refractivity contribution in [2.24, 2.45) is 0 Å². The van der Waals surface area contributed by atoms with Crippen LogP contribution in [-0.4, -0.2) is 11.8 Å². The van der Waals surface area contributed by atoms with E-state index in [4.69, 9.17) is 4.74 Å². The lowest BCUT2D eigenvalue weighted by Gasteiger charge is -2.14. The first-order chi connectivity index (χ1) is 10.1. The fraction of sp³-hybridized carbons (Fsp3) is 0. The molecule has 0 aliphatic carbocycles. The number of benzene rings is 2. The van der Waals surface area contributed by atoms with E-state index in [1.165, 1.54) is 12.2 Å². The van der Waals surface area contributed by atoms with Gasteiger partial charge in [-0.15, -0.1) is 0 Å². The summed E-state index contributed by atoms with van der Waals surface area (Å²) in [7, 11) is 0. The predicted molar refractivity (Wildman–Crippen MR) is 82.3 cm³/mol. The maximum absolute atomic E-state index is 11.6. The minimum absolute atomic E-state index is 0.332. The standard InChI is InChI=1S/C16H10BrNO3/c17-11-1-5-13(6-2-11)21-14-7-3-12(4-8-14)18-15(19)9-10-16(18)20/h1-10H. The topological polar surface area (TPSA) is 46.6 Å². The van der Waals surface area contributed by atoms with Gasteiger partial charge in [0.1, 0.15) is 11.5 Å². The predicted octanol–water partition coefficient (Wildman–Crippen LogP) is 3.67. The second-order valence-electron chi connectivity index (χ2n) is 4.40. The lowest BCUT2D eigenvalue weighted by Crippen LogP contribution is -2.29. The summed E-state index contributed by atoms with van der Waals surface area (Å²) in [6.45, 7) is 0. The Balaban J connectivity index is 1.77. The molecule has 1 aliphatic heterocycles. The molecule has 0 fully saturated rings. The highest BCUT2D eigenvalue weighted by molar-refractivity contribution is 9.10. The molecule has 3 rings (SSSR count). The van der Waals surface area contributed by atoms with Gasteiger partial charge >= 0.3 is 0 Å². The summed E-state index contributed by atoms with van der Waals surface area (Å²) in [5, 5.41) is 0. The van der Waals surface area contributed by atoms with Crippen molar-refractivity contribution in [3.8, 4) is 11.5 Å². The second kappa shape index (κ2) is 5.54. The smallest absolute Gasteiger partial charge is 0.258 e. The number of hydrogen-bond acceptors (Lipinski definition) is 3. The van der Waals surface area contributed by atoms with Crippen molar-refractivity contribution in [1.82, 2.24) is 0 Å². The molecule has 104 valence electrons. The van der Waals surface area contributed by atoms with E-state index in [9.17, 15) is 9.59 Å². The van der Waals surface area contributed by atoms with Gasteiger partial charge in [-0.3, -0.25) is 9.59 Å². The molecule has 0 unspecified atom stereocenters. The number of nitrogens with zero attached hydrogens (tertiary/aromatic N) is 1. The van der Waals surface area contributed by atoms with E-state index in [1.54, 1.807) is 24.3 Å². The molecular formula is C16H10BrNO3. The number of imide groups is 1. The van der Waals surface area contributed by atoms with Gasteiger partial charge in [0.25, 0.3) is 11.8 Å². The van der Waals surface area contributed by atoms with E-state index < -0.39 is 0 Å². The number of carbonyl (C=O) groups is 2. The molecular weight excluding hydrogens is 334 g/mol. The quantitative estimate of drug-likeness (QED) is 0.798. The Morgan fingerprint density at radius 2 is 1.24 bits per heavy atom. The van der Waals surface area contributed by atoms with Gasteiger partial charge < -0.3 is 4.74 Å². The Morgan fingerprint density at radius 3 is 1.76 bits per heavy atom. The average Bonchev–Trinajstić information content (AvgIpc) is 2.82. The molecule has 0 radical (unpaired) electrons. The van der Waals surface area contributed by atoms with Crippen molar-refractivity contribution >= 4 is 33.4 Å². The van der Waals surface area contributed by atoms with Crippen LogP contribution in [0.5, 0.6) is 11.5 Å². The molecule has 1 aliphatic rings. The molecule has 4 nitrogen and oxygen atoms in total. The summed E-state index contributed by atoms with van der Waals surface area (Å²) in [6.07, 6.45) is 2.52. The second-order valence-corrected chi connectivity index (χ2v) is 5.31. The average molecular weight is 344 g/mol. The fourth-order valence-corrected chi connectivity index (χ4v) is 2.22. The lowest BCUT2D eigenvalue weighted by atomic mass is 10.2. The van der Waals surface area contributed by atoms with Crippen LogP contribution < -0.4 is 9.64 Å². The van der Waals surface area contributed by atoms with Gasteiger partial charge in [-0.25, -0.2) is 4.90 Å². The number of anilines is 1. The van der Waals surface area contributed by atoms with Crippen molar-refractivity contribution in [3.63, 3.8) is 0 Å². The molecule has 0 saturated heterocycles. The van der Waals surface area contributed by atoms with Gasteiger partial charge in [0.05, 0.1) is 5.69 Å². The Hall–Kier alpha value is -2.40. The number of amides is 2. The zero-order valence-corrected chi connectivity index (χ0v) is 12.4. The number of ether oxygens (including phenoxy) is 1. The van der Waals surface area contributed by atoms with Crippen molar-refractivity contribution in [3.05, 3.63) is 65.2 Å². The minimum atomic E-state index is -0.332. The SMILES string of the molecule is O=C1C=CC(=O)N1c1ccc(Oc2ccc(Br)cc2)cc1. The number of halogens is 1. The van der Waals surface area contributed by atoms with E-state index in [-0.39, 0.29) is 11.8 Å². The van der Waals surface area contributed by atoms with Crippen molar-refractivity contribution in [2.75, 3.05) is 4.90 Å². The molecule has 0 saturated carbocycles. The minimum Gasteiger partial charge on any atom is -0.457 e. The summed E-state index contributed by atoms with van der Waals surface area (Å²) < 4.78 is 6.66. The Kier molecular flexibility index (Phi) is 3.58. The normalized spacial score (nSPS) is 13.9. The molecule has 2 aromatic carbocycles. The van der Waals surface area contributed by atoms with Crippen molar-refractivity contribution in [1.29, 1.82) is 0 Å². The fourth-order valence-electron chi connectivity index (χ4n) is 1.96. The number of carbonyl (C=O) groups excluding carboxylic acids is 2. The third-order valence-corrected chi connectivity index (χ3v) is 3.48. The van der Waals surface area contributed by atoms with E-state index in [1.807, 2.05) is 24.3 Å². The first-order valence-corrected chi connectivity index (χ1v) is 7.02. The largest absolute Gasteiger partial charge is 0.457 e. The molecule has 2 amide bonds. The molecule has 0 bridgehead atoms. The molecule has 2 aromatic rings. The van der Waals surface area contributed by atoms with Crippen LogP contribution >= 0.6 is 15.9 Å². The maximum atomic E-state index is 11.6. The lowest BCUT2D eigenvalue weighted by molar-refractivity contribution is -0.119. The first-order valence-electron chi connectivity index (χ1n) is 6.23. The molecule has 0 N–H and O–H groups in total. The monoisotopic (exact) mass is 343 g/mol. The Bertz CT molecular complexity index is 702. The molecule has 5 heteroatoms. The molecule has 0 atom stereocenters. The summed E-state index contributed by atoms with van der Waals surface area (Å²) >= 11 is 3.36. The van der Waals surface area contributed by atoms with Crippen LogP contribution in [0.1, 0.15) is 0 Å². The zero-order valence-electron chi connectivity index (χ0n) is 10.8. The number of hydrogen-bond donors (Lipinski definition) is 0. The molecule has 0 aromatic heterocycles. The van der Waals surface area contributed by atoms with Crippen LogP contribution in [0.25, 0.3) is 0 Å². The highest BCUT2D eigenvalue weighted by Crippen LogP contribution is 2.26. The van der Waals surface area contributed by atoms with Gasteiger partial charge in [-0.1, -0.05) is 15.9 Å². The van der Waals surface area contributed by atoms with Crippen molar-refractivity contribution in [2.45, 2.75) is 0 Å². The highest BCUT2D eigenvalue weighted by atomic mass is 79.9. The molecule has 0 spiro atoms. The van der Waals surface area contributed by atoms with E-state index in [0.29, 0.717) is 17.2 Å². The summed E-state index contributed by atoms with van der Waals surface area (Å²) in [4.78, 5) is 24.3. The van der Waals surface area contributed by atoms with Gasteiger partial charge in [-0.2, -0.15) is 0 Å². The molecule has 1 heterocycles. The van der Waals surface area contributed by atoms with Gasteiger partial charge in [0.2, 0.25) is 0 Å². The third kappa shape index (κ3) is 2.87. The Morgan fingerprint density at radius 1 is 0.762 bits per heavy atom. The van der Waals surface area contributed by atoms with Crippen LogP contribution in [0.2, 0.25) is 0 Å². The van der Waals surface area contributed by atoms with E-state index in [2.05, 4.69) is 15.9 Å². The highest BCUT2D eigenvalue weighted by Gasteiger charge is 2.24. The Labute approximate surface area is 129 Å².